The Kier molecular flexibility index (Phi) is 6.69. The van der Waals surface area contributed by atoms with Crippen LogP contribution in [-0.2, 0) is 22.6 Å². The zero-order valence-corrected chi connectivity index (χ0v) is 17.4. The van der Waals surface area contributed by atoms with Crippen LogP contribution >= 0.6 is 0 Å². The van der Waals surface area contributed by atoms with Gasteiger partial charge in [-0.1, -0.05) is 0 Å². The summed E-state index contributed by atoms with van der Waals surface area (Å²) in [6, 6.07) is 11.4. The van der Waals surface area contributed by atoms with Crippen LogP contribution in [0.5, 0.6) is 11.5 Å². The molecule has 0 aliphatic rings. The van der Waals surface area contributed by atoms with Gasteiger partial charge in [-0.2, -0.15) is 0 Å². The van der Waals surface area contributed by atoms with Gasteiger partial charge in [-0.15, -0.1) is 0 Å². The summed E-state index contributed by atoms with van der Waals surface area (Å²) in [5.74, 6) is 1.17. The van der Waals surface area contributed by atoms with E-state index in [1.165, 1.54) is 12.1 Å². The number of nitrogens with two attached hydrogens (primary N) is 1. The third-order valence-corrected chi connectivity index (χ3v) is 4.82. The number of hydrogen-bond donors (Lipinski definition) is 2. The minimum absolute atomic E-state index is 0.317. The average molecular weight is 414 g/mol. The van der Waals surface area contributed by atoms with E-state index in [-0.39, 0.29) is 5.82 Å². The first kappa shape index (κ1) is 21.7. The van der Waals surface area contributed by atoms with Crippen molar-refractivity contribution >= 4 is 16.9 Å². The minimum Gasteiger partial charge on any atom is -0.457 e. The molecule has 0 saturated carbocycles. The van der Waals surface area contributed by atoms with Crippen molar-refractivity contribution in [1.29, 1.82) is 0 Å². The lowest BCUT2D eigenvalue weighted by Gasteiger charge is -2.22. The Hall–Kier alpha value is -2.97. The zero-order valence-electron chi connectivity index (χ0n) is 17.4. The summed E-state index contributed by atoms with van der Waals surface area (Å²) >= 11 is 0. The van der Waals surface area contributed by atoms with Gasteiger partial charge in [0.05, 0.1) is 29.7 Å². The molecule has 0 unspecified atom stereocenters. The average Bonchev–Trinajstić information content (AvgIpc) is 3.05. The van der Waals surface area contributed by atoms with Gasteiger partial charge in [-0.25, -0.2) is 9.37 Å². The lowest BCUT2D eigenvalue weighted by molar-refractivity contribution is -0.123. The van der Waals surface area contributed by atoms with E-state index in [2.05, 4.69) is 5.32 Å². The second-order valence-electron chi connectivity index (χ2n) is 7.43. The topological polar surface area (TPSA) is 91.4 Å². The fourth-order valence-electron chi connectivity index (χ4n) is 2.93. The number of imidazole rings is 1. The van der Waals surface area contributed by atoms with Gasteiger partial charge < -0.3 is 19.8 Å². The minimum atomic E-state index is -0.861. The number of carbonyl (C=O) groups is 1. The molecule has 3 aromatic rings. The second-order valence-corrected chi connectivity index (χ2v) is 7.43. The number of aromatic nitrogens is 2. The number of benzene rings is 2. The molecular weight excluding hydrogens is 387 g/mol. The van der Waals surface area contributed by atoms with Gasteiger partial charge in [0.15, 0.2) is 0 Å². The number of nitrogens with one attached hydrogen (secondary N) is 1. The van der Waals surface area contributed by atoms with Gasteiger partial charge in [0.2, 0.25) is 5.91 Å². The summed E-state index contributed by atoms with van der Waals surface area (Å²) in [7, 11) is 0. The first-order valence-corrected chi connectivity index (χ1v) is 9.85. The molecule has 0 saturated heterocycles. The largest absolute Gasteiger partial charge is 0.457 e. The number of rotatable bonds is 10. The summed E-state index contributed by atoms with van der Waals surface area (Å²) in [5.41, 5.74) is 6.27. The summed E-state index contributed by atoms with van der Waals surface area (Å²) in [6.07, 6.45) is 0. The highest BCUT2D eigenvalue weighted by Gasteiger charge is 2.25. The van der Waals surface area contributed by atoms with Crippen LogP contribution < -0.4 is 15.8 Å². The van der Waals surface area contributed by atoms with Crippen molar-refractivity contribution < 1.29 is 18.7 Å². The fourth-order valence-corrected chi connectivity index (χ4v) is 2.93. The maximum Gasteiger partial charge on any atom is 0.237 e. The highest BCUT2D eigenvalue weighted by molar-refractivity contribution is 5.83. The maximum atomic E-state index is 13.1. The quantitative estimate of drug-likeness (QED) is 0.497. The molecule has 160 valence electrons. The zero-order chi connectivity index (χ0) is 21.7. The number of amides is 1. The molecular formula is C22H27FN4O3. The van der Waals surface area contributed by atoms with Crippen LogP contribution in [0.3, 0.4) is 0 Å². The molecule has 0 radical (unpaired) electrons. The molecule has 0 aliphatic heterocycles. The van der Waals surface area contributed by atoms with Gasteiger partial charge in [-0.05, 0) is 57.2 Å². The summed E-state index contributed by atoms with van der Waals surface area (Å²) in [6.45, 7) is 7.52. The molecule has 0 bridgehead atoms. The molecule has 1 amide bonds. The van der Waals surface area contributed by atoms with Crippen LogP contribution in [-0.4, -0.2) is 34.2 Å². The molecule has 1 heterocycles. The number of fused-ring (bicyclic) bond motifs is 1. The van der Waals surface area contributed by atoms with Gasteiger partial charge in [0.1, 0.15) is 23.1 Å². The molecule has 30 heavy (non-hydrogen) atoms. The molecule has 0 fully saturated rings. The highest BCUT2D eigenvalue weighted by Crippen LogP contribution is 2.27. The number of halogens is 1. The molecule has 8 heteroatoms. The van der Waals surface area contributed by atoms with E-state index in [1.807, 2.05) is 29.7 Å². The number of primary amides is 1. The normalized spacial score (nSPS) is 11.7. The number of hydrogen-bond acceptors (Lipinski definition) is 5. The third kappa shape index (κ3) is 5.14. The van der Waals surface area contributed by atoms with Crippen molar-refractivity contribution in [2.45, 2.75) is 39.4 Å². The Bertz CT molecular complexity index is 1020. The van der Waals surface area contributed by atoms with E-state index in [4.69, 9.17) is 20.2 Å². The Morgan fingerprint density at radius 2 is 1.90 bits per heavy atom. The number of nitrogens with zero attached hydrogens (tertiary/aromatic N) is 2. The fraction of sp³-hybridized carbons (Fsp3) is 0.364. The van der Waals surface area contributed by atoms with Crippen LogP contribution in [0.4, 0.5) is 4.39 Å². The first-order valence-electron chi connectivity index (χ1n) is 9.85. The van der Waals surface area contributed by atoms with E-state index in [0.29, 0.717) is 37.8 Å². The van der Waals surface area contributed by atoms with Crippen molar-refractivity contribution in [3.8, 4) is 11.5 Å². The molecule has 0 spiro atoms. The monoisotopic (exact) mass is 414 g/mol. The lowest BCUT2D eigenvalue weighted by atomic mass is 10.1. The highest BCUT2D eigenvalue weighted by atomic mass is 19.1. The number of ether oxygens (including phenoxy) is 2. The Balaban J connectivity index is 1.90. The second kappa shape index (κ2) is 9.23. The standard InChI is InChI=1S/C22H27FN4O3/c1-4-29-12-11-27-19-13-17(30-16-7-5-15(23)6-8-16)9-10-18(19)26-20(27)14-25-22(2,3)21(24)28/h5-10,13,25H,4,11-12,14H2,1-3H3,(H2,24,28). The van der Waals surface area contributed by atoms with Crippen LogP contribution in [0.1, 0.15) is 26.6 Å². The van der Waals surface area contributed by atoms with Crippen molar-refractivity contribution in [1.82, 2.24) is 14.9 Å². The van der Waals surface area contributed by atoms with Crippen molar-refractivity contribution in [2.24, 2.45) is 5.73 Å². The van der Waals surface area contributed by atoms with Gasteiger partial charge in [0.25, 0.3) is 0 Å². The Morgan fingerprint density at radius 1 is 1.20 bits per heavy atom. The predicted octanol–water partition coefficient (Wildman–Crippen LogP) is 3.36. The molecule has 0 atom stereocenters. The van der Waals surface area contributed by atoms with Crippen molar-refractivity contribution in [2.75, 3.05) is 13.2 Å². The van der Waals surface area contributed by atoms with E-state index in [1.54, 1.807) is 26.0 Å². The summed E-state index contributed by atoms with van der Waals surface area (Å²) in [5, 5.41) is 3.16. The van der Waals surface area contributed by atoms with Crippen LogP contribution in [0.25, 0.3) is 11.0 Å². The SMILES string of the molecule is CCOCCn1c(CNC(C)(C)C(N)=O)nc2ccc(Oc3ccc(F)cc3)cc21. The van der Waals surface area contributed by atoms with E-state index in [0.717, 1.165) is 16.9 Å². The van der Waals surface area contributed by atoms with Crippen molar-refractivity contribution in [3.63, 3.8) is 0 Å². The third-order valence-electron chi connectivity index (χ3n) is 4.82. The van der Waals surface area contributed by atoms with E-state index < -0.39 is 11.4 Å². The summed E-state index contributed by atoms with van der Waals surface area (Å²) < 4.78 is 26.5. The molecule has 7 nitrogen and oxygen atoms in total. The van der Waals surface area contributed by atoms with Crippen LogP contribution in [0.15, 0.2) is 42.5 Å². The molecule has 1 aromatic heterocycles. The molecule has 3 rings (SSSR count). The molecule has 2 aromatic carbocycles. The summed E-state index contributed by atoms with van der Waals surface area (Å²) in [4.78, 5) is 16.3. The maximum absolute atomic E-state index is 13.1. The smallest absolute Gasteiger partial charge is 0.237 e. The molecule has 0 aliphatic carbocycles. The van der Waals surface area contributed by atoms with Gasteiger partial charge in [-0.3, -0.25) is 10.1 Å². The lowest BCUT2D eigenvalue weighted by Crippen LogP contribution is -2.50. The van der Waals surface area contributed by atoms with E-state index in [9.17, 15) is 9.18 Å². The first-order chi connectivity index (χ1) is 14.3. The van der Waals surface area contributed by atoms with Crippen LogP contribution in [0, 0.1) is 5.82 Å². The van der Waals surface area contributed by atoms with Crippen LogP contribution in [0.2, 0.25) is 0 Å². The van der Waals surface area contributed by atoms with Crippen molar-refractivity contribution in [3.05, 3.63) is 54.1 Å². The Morgan fingerprint density at radius 3 is 2.57 bits per heavy atom. The van der Waals surface area contributed by atoms with Gasteiger partial charge in [0, 0.05) is 19.2 Å². The predicted molar refractivity (Wildman–Crippen MR) is 113 cm³/mol. The van der Waals surface area contributed by atoms with E-state index >= 15 is 0 Å². The molecule has 3 N–H and O–H groups in total. The Labute approximate surface area is 175 Å². The van der Waals surface area contributed by atoms with Gasteiger partial charge >= 0.3 is 0 Å². The number of carbonyl (C=O) groups excluding carboxylic acids is 1.